The number of aldehydes is 1. The van der Waals surface area contributed by atoms with Crippen molar-refractivity contribution in [2.45, 2.75) is 18.9 Å². The quantitative estimate of drug-likeness (QED) is 0.760. The minimum Gasteiger partial charge on any atom is -0.344 e. The van der Waals surface area contributed by atoms with E-state index in [1.165, 1.54) is 12.8 Å². The summed E-state index contributed by atoms with van der Waals surface area (Å²) in [7, 11) is 0. The SMILES string of the molecule is O=Cc1cn(C2CC2)c2cc(Br)ccc12. The van der Waals surface area contributed by atoms with Gasteiger partial charge in [0, 0.05) is 27.7 Å². The average molecular weight is 264 g/mol. The molecule has 1 fully saturated rings. The van der Waals surface area contributed by atoms with Gasteiger partial charge >= 0.3 is 0 Å². The number of nitrogens with zero attached hydrogens (tertiary/aromatic N) is 1. The van der Waals surface area contributed by atoms with E-state index in [0.29, 0.717) is 6.04 Å². The van der Waals surface area contributed by atoms with Crippen molar-refractivity contribution in [1.29, 1.82) is 0 Å². The molecular formula is C12H10BrNO. The molecule has 1 aromatic carbocycles. The van der Waals surface area contributed by atoms with Crippen LogP contribution in [0.15, 0.2) is 28.9 Å². The molecule has 1 aliphatic carbocycles. The third kappa shape index (κ3) is 1.42. The zero-order valence-corrected chi connectivity index (χ0v) is 9.70. The van der Waals surface area contributed by atoms with Gasteiger partial charge < -0.3 is 4.57 Å². The number of halogens is 1. The number of hydrogen-bond donors (Lipinski definition) is 0. The van der Waals surface area contributed by atoms with E-state index in [0.717, 1.165) is 27.2 Å². The Balaban J connectivity index is 2.33. The summed E-state index contributed by atoms with van der Waals surface area (Å²) in [6.07, 6.45) is 5.38. The van der Waals surface area contributed by atoms with Gasteiger partial charge in [0.25, 0.3) is 0 Å². The summed E-state index contributed by atoms with van der Waals surface area (Å²) in [5.74, 6) is 0. The number of benzene rings is 1. The van der Waals surface area contributed by atoms with Crippen LogP contribution in [0.3, 0.4) is 0 Å². The molecule has 2 aromatic rings. The lowest BCUT2D eigenvalue weighted by Crippen LogP contribution is -1.89. The molecule has 1 heterocycles. The summed E-state index contributed by atoms with van der Waals surface area (Å²) < 4.78 is 3.29. The van der Waals surface area contributed by atoms with Crippen LogP contribution in [0.2, 0.25) is 0 Å². The molecule has 0 atom stereocenters. The van der Waals surface area contributed by atoms with Gasteiger partial charge in [0.2, 0.25) is 0 Å². The Bertz CT molecular complexity index is 540. The molecule has 0 amide bonds. The van der Waals surface area contributed by atoms with Crippen molar-refractivity contribution >= 4 is 33.1 Å². The van der Waals surface area contributed by atoms with Crippen LogP contribution in [-0.4, -0.2) is 10.9 Å². The van der Waals surface area contributed by atoms with Gasteiger partial charge in [-0.3, -0.25) is 4.79 Å². The Hall–Kier alpha value is -1.09. The minimum absolute atomic E-state index is 0.607. The van der Waals surface area contributed by atoms with Gasteiger partial charge in [-0.1, -0.05) is 22.0 Å². The summed E-state index contributed by atoms with van der Waals surface area (Å²) in [4.78, 5) is 10.9. The highest BCUT2D eigenvalue weighted by Crippen LogP contribution is 2.39. The van der Waals surface area contributed by atoms with Crippen molar-refractivity contribution in [3.63, 3.8) is 0 Å². The Morgan fingerprint density at radius 3 is 2.87 bits per heavy atom. The number of fused-ring (bicyclic) bond motifs is 1. The van der Waals surface area contributed by atoms with Crippen molar-refractivity contribution in [2.75, 3.05) is 0 Å². The molecule has 0 spiro atoms. The van der Waals surface area contributed by atoms with Crippen LogP contribution in [0.1, 0.15) is 29.2 Å². The van der Waals surface area contributed by atoms with Gasteiger partial charge in [-0.25, -0.2) is 0 Å². The normalized spacial score (nSPS) is 15.8. The number of hydrogen-bond acceptors (Lipinski definition) is 1. The monoisotopic (exact) mass is 263 g/mol. The summed E-state index contributed by atoms with van der Waals surface area (Å²) in [6, 6.07) is 6.67. The van der Waals surface area contributed by atoms with Crippen LogP contribution < -0.4 is 0 Å². The van der Waals surface area contributed by atoms with Crippen molar-refractivity contribution < 1.29 is 4.79 Å². The molecule has 0 N–H and O–H groups in total. The molecule has 15 heavy (non-hydrogen) atoms. The lowest BCUT2D eigenvalue weighted by atomic mass is 10.2. The second kappa shape index (κ2) is 3.20. The first kappa shape index (κ1) is 9.16. The van der Waals surface area contributed by atoms with E-state index in [1.54, 1.807) is 0 Å². The van der Waals surface area contributed by atoms with E-state index in [9.17, 15) is 4.79 Å². The molecule has 0 saturated heterocycles. The Labute approximate surface area is 96.0 Å². The molecule has 0 bridgehead atoms. The molecule has 0 aliphatic heterocycles. The predicted octanol–water partition coefficient (Wildman–Crippen LogP) is 3.55. The molecule has 76 valence electrons. The average Bonchev–Trinajstić information content (AvgIpc) is 3.00. The molecule has 1 saturated carbocycles. The van der Waals surface area contributed by atoms with Crippen LogP contribution in [0, 0.1) is 0 Å². The van der Waals surface area contributed by atoms with Crippen LogP contribution in [0.25, 0.3) is 10.9 Å². The van der Waals surface area contributed by atoms with Gasteiger partial charge in [-0.2, -0.15) is 0 Å². The number of carbonyl (C=O) groups is 1. The molecular weight excluding hydrogens is 254 g/mol. The molecule has 3 heteroatoms. The molecule has 0 unspecified atom stereocenters. The fourth-order valence-electron chi connectivity index (χ4n) is 2.00. The molecule has 0 radical (unpaired) electrons. The summed E-state index contributed by atoms with van der Waals surface area (Å²) in [5, 5.41) is 1.06. The van der Waals surface area contributed by atoms with Gasteiger partial charge in [0.05, 0.1) is 5.52 Å². The third-order valence-corrected chi connectivity index (χ3v) is 3.39. The first-order valence-corrected chi connectivity index (χ1v) is 5.84. The van der Waals surface area contributed by atoms with Crippen molar-refractivity contribution in [3.05, 3.63) is 34.4 Å². The third-order valence-electron chi connectivity index (χ3n) is 2.89. The van der Waals surface area contributed by atoms with Gasteiger partial charge in [0.1, 0.15) is 0 Å². The first-order valence-electron chi connectivity index (χ1n) is 5.05. The Morgan fingerprint density at radius 2 is 2.20 bits per heavy atom. The van der Waals surface area contributed by atoms with E-state index in [4.69, 9.17) is 0 Å². The summed E-state index contributed by atoms with van der Waals surface area (Å²) in [5.41, 5.74) is 1.96. The number of aromatic nitrogens is 1. The molecule has 3 rings (SSSR count). The Kier molecular flexibility index (Phi) is 1.96. The smallest absolute Gasteiger partial charge is 0.152 e. The second-order valence-corrected chi connectivity index (χ2v) is 4.92. The lowest BCUT2D eigenvalue weighted by molar-refractivity contribution is 0.112. The predicted molar refractivity (Wildman–Crippen MR) is 63.3 cm³/mol. The fourth-order valence-corrected chi connectivity index (χ4v) is 2.35. The standard InChI is InChI=1S/C12H10BrNO/c13-9-1-4-11-8(7-15)6-14(10-2-3-10)12(11)5-9/h1,4-7,10H,2-3H2. The largest absolute Gasteiger partial charge is 0.344 e. The van der Waals surface area contributed by atoms with E-state index in [-0.39, 0.29) is 0 Å². The number of carbonyl (C=O) groups excluding carboxylic acids is 1. The summed E-state index contributed by atoms with van der Waals surface area (Å²) in [6.45, 7) is 0. The van der Waals surface area contributed by atoms with Crippen molar-refractivity contribution in [1.82, 2.24) is 4.57 Å². The highest BCUT2D eigenvalue weighted by molar-refractivity contribution is 9.10. The van der Waals surface area contributed by atoms with E-state index >= 15 is 0 Å². The van der Waals surface area contributed by atoms with E-state index in [1.807, 2.05) is 18.3 Å². The van der Waals surface area contributed by atoms with Crippen LogP contribution in [-0.2, 0) is 0 Å². The first-order chi connectivity index (χ1) is 7.29. The van der Waals surface area contributed by atoms with Gasteiger partial charge in [-0.05, 0) is 25.0 Å². The lowest BCUT2D eigenvalue weighted by Gasteiger charge is -2.01. The maximum absolute atomic E-state index is 10.9. The number of rotatable bonds is 2. The van der Waals surface area contributed by atoms with Crippen LogP contribution >= 0.6 is 15.9 Å². The van der Waals surface area contributed by atoms with Gasteiger partial charge in [0.15, 0.2) is 6.29 Å². The highest BCUT2D eigenvalue weighted by Gasteiger charge is 2.25. The second-order valence-electron chi connectivity index (χ2n) is 4.00. The highest BCUT2D eigenvalue weighted by atomic mass is 79.9. The van der Waals surface area contributed by atoms with E-state index in [2.05, 4.69) is 26.6 Å². The van der Waals surface area contributed by atoms with E-state index < -0.39 is 0 Å². The van der Waals surface area contributed by atoms with Crippen molar-refractivity contribution in [2.24, 2.45) is 0 Å². The maximum atomic E-state index is 10.9. The van der Waals surface area contributed by atoms with Crippen LogP contribution in [0.5, 0.6) is 0 Å². The Morgan fingerprint density at radius 1 is 1.40 bits per heavy atom. The van der Waals surface area contributed by atoms with Gasteiger partial charge in [-0.15, -0.1) is 0 Å². The maximum Gasteiger partial charge on any atom is 0.152 e. The summed E-state index contributed by atoms with van der Waals surface area (Å²) >= 11 is 3.47. The van der Waals surface area contributed by atoms with Crippen molar-refractivity contribution in [3.8, 4) is 0 Å². The fraction of sp³-hybridized carbons (Fsp3) is 0.250. The molecule has 1 aromatic heterocycles. The molecule has 1 aliphatic rings. The topological polar surface area (TPSA) is 22.0 Å². The zero-order chi connectivity index (χ0) is 10.4. The van der Waals surface area contributed by atoms with Crippen LogP contribution in [0.4, 0.5) is 0 Å². The zero-order valence-electron chi connectivity index (χ0n) is 8.11. The molecule has 2 nitrogen and oxygen atoms in total. The minimum atomic E-state index is 0.607.